The molecule has 2 aromatic carbocycles. The minimum atomic E-state index is 0.248. The first-order chi connectivity index (χ1) is 10.9. The molecule has 0 atom stereocenters. The number of ether oxygens (including phenoxy) is 1. The van der Waals surface area contributed by atoms with E-state index in [1.807, 2.05) is 18.2 Å². The van der Waals surface area contributed by atoms with E-state index in [0.717, 1.165) is 19.3 Å². The SMILES string of the molecule is OCCCc1ccccc1CC=CCOCc1ccccc1. The molecule has 1 N–H and O–H groups in total. The fourth-order valence-electron chi connectivity index (χ4n) is 2.37. The van der Waals surface area contributed by atoms with Crippen molar-refractivity contribution in [3.63, 3.8) is 0 Å². The van der Waals surface area contributed by atoms with Gasteiger partial charge in [-0.05, 0) is 36.0 Å². The summed E-state index contributed by atoms with van der Waals surface area (Å²) in [5, 5.41) is 8.96. The number of hydrogen-bond donors (Lipinski definition) is 1. The normalized spacial score (nSPS) is 11.1. The summed E-state index contributed by atoms with van der Waals surface area (Å²) in [6.45, 7) is 1.53. The largest absolute Gasteiger partial charge is 0.396 e. The monoisotopic (exact) mass is 296 g/mol. The molecular weight excluding hydrogens is 272 g/mol. The van der Waals surface area contributed by atoms with Crippen LogP contribution in [0.2, 0.25) is 0 Å². The Bertz CT molecular complexity index is 561. The Morgan fingerprint density at radius 2 is 1.59 bits per heavy atom. The van der Waals surface area contributed by atoms with Gasteiger partial charge in [0, 0.05) is 6.61 Å². The molecule has 0 saturated heterocycles. The summed E-state index contributed by atoms with van der Waals surface area (Å²) >= 11 is 0. The Kier molecular flexibility index (Phi) is 7.44. The number of benzene rings is 2. The second-order valence-corrected chi connectivity index (χ2v) is 5.27. The van der Waals surface area contributed by atoms with Crippen LogP contribution in [0.1, 0.15) is 23.1 Å². The van der Waals surface area contributed by atoms with E-state index in [4.69, 9.17) is 9.84 Å². The van der Waals surface area contributed by atoms with Gasteiger partial charge in [-0.15, -0.1) is 0 Å². The molecule has 0 aliphatic heterocycles. The van der Waals surface area contributed by atoms with E-state index in [9.17, 15) is 0 Å². The first kappa shape index (κ1) is 16.5. The van der Waals surface area contributed by atoms with Crippen LogP contribution in [0.5, 0.6) is 0 Å². The third-order valence-corrected chi connectivity index (χ3v) is 3.55. The zero-order chi connectivity index (χ0) is 15.5. The highest BCUT2D eigenvalue weighted by molar-refractivity contribution is 5.29. The van der Waals surface area contributed by atoms with Crippen molar-refractivity contribution in [2.24, 2.45) is 0 Å². The maximum atomic E-state index is 8.96. The molecule has 0 aromatic heterocycles. The third kappa shape index (κ3) is 5.84. The lowest BCUT2D eigenvalue weighted by Gasteiger charge is -2.06. The molecule has 22 heavy (non-hydrogen) atoms. The Labute approximate surface area is 133 Å². The van der Waals surface area contributed by atoms with E-state index in [1.165, 1.54) is 16.7 Å². The number of hydrogen-bond acceptors (Lipinski definition) is 2. The molecule has 0 amide bonds. The van der Waals surface area contributed by atoms with Gasteiger partial charge in [0.1, 0.15) is 0 Å². The zero-order valence-corrected chi connectivity index (χ0v) is 12.9. The third-order valence-electron chi connectivity index (χ3n) is 3.55. The molecule has 0 fully saturated rings. The van der Waals surface area contributed by atoms with Crippen LogP contribution < -0.4 is 0 Å². The number of aryl methyl sites for hydroxylation is 1. The van der Waals surface area contributed by atoms with Gasteiger partial charge in [0.2, 0.25) is 0 Å². The molecule has 0 radical (unpaired) electrons. The molecule has 0 aliphatic rings. The van der Waals surface area contributed by atoms with Crippen molar-refractivity contribution in [2.45, 2.75) is 25.9 Å². The summed E-state index contributed by atoms with van der Waals surface area (Å²) in [6, 6.07) is 18.6. The van der Waals surface area contributed by atoms with Crippen LogP contribution in [0.15, 0.2) is 66.7 Å². The van der Waals surface area contributed by atoms with E-state index in [-0.39, 0.29) is 6.61 Å². The Morgan fingerprint density at radius 1 is 0.864 bits per heavy atom. The van der Waals surface area contributed by atoms with E-state index in [1.54, 1.807) is 0 Å². The summed E-state index contributed by atoms with van der Waals surface area (Å²) in [6.07, 6.45) is 6.90. The zero-order valence-electron chi connectivity index (χ0n) is 12.9. The van der Waals surface area contributed by atoms with E-state index in [0.29, 0.717) is 13.2 Å². The second-order valence-electron chi connectivity index (χ2n) is 5.27. The van der Waals surface area contributed by atoms with Crippen molar-refractivity contribution in [1.29, 1.82) is 0 Å². The van der Waals surface area contributed by atoms with Crippen molar-refractivity contribution in [1.82, 2.24) is 0 Å². The fourth-order valence-corrected chi connectivity index (χ4v) is 2.37. The van der Waals surface area contributed by atoms with E-state index < -0.39 is 0 Å². The average Bonchev–Trinajstić information content (AvgIpc) is 2.58. The minimum absolute atomic E-state index is 0.248. The van der Waals surface area contributed by atoms with E-state index in [2.05, 4.69) is 48.6 Å². The quantitative estimate of drug-likeness (QED) is 0.561. The van der Waals surface area contributed by atoms with Gasteiger partial charge in [-0.3, -0.25) is 0 Å². The molecule has 0 bridgehead atoms. The standard InChI is InChI=1S/C20H24O2/c21-15-8-14-20-12-5-4-11-19(20)13-6-7-16-22-17-18-9-2-1-3-10-18/h1-7,9-12,21H,8,13-17H2. The lowest BCUT2D eigenvalue weighted by molar-refractivity contribution is 0.148. The number of allylic oxidation sites excluding steroid dienone is 1. The van der Waals surface area contributed by atoms with Crippen molar-refractivity contribution in [3.8, 4) is 0 Å². The van der Waals surface area contributed by atoms with Crippen LogP contribution in [-0.4, -0.2) is 18.3 Å². The Morgan fingerprint density at radius 3 is 2.36 bits per heavy atom. The molecular formula is C20H24O2. The van der Waals surface area contributed by atoms with Crippen LogP contribution in [0, 0.1) is 0 Å². The highest BCUT2D eigenvalue weighted by Crippen LogP contribution is 2.12. The van der Waals surface area contributed by atoms with Crippen molar-refractivity contribution < 1.29 is 9.84 Å². The van der Waals surface area contributed by atoms with Crippen molar-refractivity contribution in [2.75, 3.05) is 13.2 Å². The van der Waals surface area contributed by atoms with Crippen LogP contribution in [0.3, 0.4) is 0 Å². The molecule has 0 aliphatic carbocycles. The van der Waals surface area contributed by atoms with Crippen molar-refractivity contribution >= 4 is 0 Å². The maximum absolute atomic E-state index is 8.96. The van der Waals surface area contributed by atoms with Gasteiger partial charge < -0.3 is 9.84 Å². The van der Waals surface area contributed by atoms with Crippen LogP contribution in [0.25, 0.3) is 0 Å². The second kappa shape index (κ2) is 9.93. The summed E-state index contributed by atoms with van der Waals surface area (Å²) < 4.78 is 5.63. The summed E-state index contributed by atoms with van der Waals surface area (Å²) in [4.78, 5) is 0. The smallest absolute Gasteiger partial charge is 0.0721 e. The van der Waals surface area contributed by atoms with Gasteiger partial charge in [-0.1, -0.05) is 66.7 Å². The summed E-state index contributed by atoms with van der Waals surface area (Å²) in [5.41, 5.74) is 3.85. The van der Waals surface area contributed by atoms with Gasteiger partial charge >= 0.3 is 0 Å². The lowest BCUT2D eigenvalue weighted by atomic mass is 10.0. The average molecular weight is 296 g/mol. The van der Waals surface area contributed by atoms with Crippen LogP contribution in [0.4, 0.5) is 0 Å². The van der Waals surface area contributed by atoms with Gasteiger partial charge in [-0.25, -0.2) is 0 Å². The molecule has 0 spiro atoms. The summed E-state index contributed by atoms with van der Waals surface area (Å²) in [5.74, 6) is 0. The maximum Gasteiger partial charge on any atom is 0.0721 e. The Balaban J connectivity index is 1.73. The van der Waals surface area contributed by atoms with Gasteiger partial charge in [0.25, 0.3) is 0 Å². The highest BCUT2D eigenvalue weighted by Gasteiger charge is 1.99. The van der Waals surface area contributed by atoms with Crippen LogP contribution in [-0.2, 0) is 24.2 Å². The molecule has 0 heterocycles. The molecule has 0 unspecified atom stereocenters. The van der Waals surface area contributed by atoms with Crippen molar-refractivity contribution in [3.05, 3.63) is 83.4 Å². The van der Waals surface area contributed by atoms with Gasteiger partial charge in [0.05, 0.1) is 13.2 Å². The predicted octanol–water partition coefficient (Wildman–Crippen LogP) is 3.93. The first-order valence-corrected chi connectivity index (χ1v) is 7.84. The molecule has 2 rings (SSSR count). The summed E-state index contributed by atoms with van der Waals surface area (Å²) in [7, 11) is 0. The predicted molar refractivity (Wildman–Crippen MR) is 90.8 cm³/mol. The lowest BCUT2D eigenvalue weighted by Crippen LogP contribution is -1.96. The molecule has 2 heteroatoms. The molecule has 2 aromatic rings. The van der Waals surface area contributed by atoms with Gasteiger partial charge in [-0.2, -0.15) is 0 Å². The van der Waals surface area contributed by atoms with Crippen LogP contribution >= 0.6 is 0 Å². The van der Waals surface area contributed by atoms with E-state index >= 15 is 0 Å². The Hall–Kier alpha value is -1.90. The molecule has 2 nitrogen and oxygen atoms in total. The number of aliphatic hydroxyl groups excluding tert-OH is 1. The minimum Gasteiger partial charge on any atom is -0.396 e. The molecule has 116 valence electrons. The fraction of sp³-hybridized carbons (Fsp3) is 0.300. The first-order valence-electron chi connectivity index (χ1n) is 7.84. The van der Waals surface area contributed by atoms with Gasteiger partial charge in [0.15, 0.2) is 0 Å². The molecule has 0 saturated carbocycles. The topological polar surface area (TPSA) is 29.5 Å². The number of aliphatic hydroxyl groups is 1. The highest BCUT2D eigenvalue weighted by atomic mass is 16.5. The number of rotatable bonds is 9.